The number of fused-ring (bicyclic) bond motifs is 1. The molecule has 74 valence electrons. The first-order chi connectivity index (χ1) is 6.51. The number of carbonyl (C=O) groups is 1. The van der Waals surface area contributed by atoms with E-state index in [4.69, 9.17) is 5.11 Å². The van der Waals surface area contributed by atoms with E-state index in [0.29, 0.717) is 6.42 Å². The number of anilines is 1. The Morgan fingerprint density at radius 1 is 1.64 bits per heavy atom. The van der Waals surface area contributed by atoms with Crippen LogP contribution in [0.3, 0.4) is 0 Å². The molecule has 1 atom stereocenters. The molecule has 0 fully saturated rings. The van der Waals surface area contributed by atoms with Crippen LogP contribution in [-0.4, -0.2) is 16.6 Å². The zero-order valence-electron chi connectivity index (χ0n) is 7.67. The van der Waals surface area contributed by atoms with Gasteiger partial charge >= 0.3 is 5.97 Å². The average molecular weight is 256 g/mol. The summed E-state index contributed by atoms with van der Waals surface area (Å²) in [6.45, 7) is 1.70. The maximum absolute atomic E-state index is 11.0. The van der Waals surface area contributed by atoms with Crippen LogP contribution in [0.4, 0.5) is 5.69 Å². The number of carboxylic acid groups (broad SMARTS) is 1. The Morgan fingerprint density at radius 3 is 3.00 bits per heavy atom. The van der Waals surface area contributed by atoms with Crippen molar-refractivity contribution in [2.75, 3.05) is 5.32 Å². The number of hydrogen-bond donors (Lipinski definition) is 2. The molecule has 4 heteroatoms. The quantitative estimate of drug-likeness (QED) is 0.810. The van der Waals surface area contributed by atoms with Crippen molar-refractivity contribution in [1.29, 1.82) is 0 Å². The van der Waals surface area contributed by atoms with Crippen molar-refractivity contribution < 1.29 is 9.90 Å². The van der Waals surface area contributed by atoms with E-state index in [1.165, 1.54) is 0 Å². The molecule has 0 radical (unpaired) electrons. The monoisotopic (exact) mass is 255 g/mol. The third kappa shape index (κ3) is 1.39. The minimum absolute atomic E-state index is 0.533. The highest BCUT2D eigenvalue weighted by Crippen LogP contribution is 2.34. The highest BCUT2D eigenvalue weighted by atomic mass is 79.9. The maximum Gasteiger partial charge on any atom is 0.329 e. The van der Waals surface area contributed by atoms with Gasteiger partial charge in [-0.05, 0) is 24.6 Å². The van der Waals surface area contributed by atoms with Crippen molar-refractivity contribution in [3.05, 3.63) is 28.2 Å². The summed E-state index contributed by atoms with van der Waals surface area (Å²) in [7, 11) is 0. The summed E-state index contributed by atoms with van der Waals surface area (Å²) in [5.41, 5.74) is 1.10. The van der Waals surface area contributed by atoms with E-state index in [1.807, 2.05) is 18.2 Å². The zero-order valence-corrected chi connectivity index (χ0v) is 9.26. The fraction of sp³-hybridized carbons (Fsp3) is 0.300. The van der Waals surface area contributed by atoms with E-state index < -0.39 is 11.5 Å². The summed E-state index contributed by atoms with van der Waals surface area (Å²) in [6, 6.07) is 5.78. The summed E-state index contributed by atoms with van der Waals surface area (Å²) >= 11 is 3.35. The van der Waals surface area contributed by atoms with Gasteiger partial charge in [-0.2, -0.15) is 0 Å². The number of aliphatic carboxylic acids is 1. The van der Waals surface area contributed by atoms with Crippen LogP contribution >= 0.6 is 15.9 Å². The SMILES string of the molecule is CC1(C(=O)O)Cc2ccc(Br)cc2N1. The van der Waals surface area contributed by atoms with E-state index in [2.05, 4.69) is 21.2 Å². The number of nitrogens with one attached hydrogen (secondary N) is 1. The van der Waals surface area contributed by atoms with Crippen molar-refractivity contribution in [1.82, 2.24) is 0 Å². The second-order valence-electron chi connectivity index (χ2n) is 3.74. The molecule has 1 aromatic carbocycles. The van der Waals surface area contributed by atoms with Crippen molar-refractivity contribution in [3.8, 4) is 0 Å². The Bertz CT molecular complexity index is 405. The molecule has 3 nitrogen and oxygen atoms in total. The van der Waals surface area contributed by atoms with Crippen LogP contribution in [0.1, 0.15) is 12.5 Å². The Balaban J connectivity index is 2.39. The molecule has 0 amide bonds. The summed E-state index contributed by atoms with van der Waals surface area (Å²) in [6.07, 6.45) is 0.533. The normalized spacial score (nSPS) is 24.1. The van der Waals surface area contributed by atoms with Crippen molar-refractivity contribution in [3.63, 3.8) is 0 Å². The van der Waals surface area contributed by atoms with Crippen molar-refractivity contribution in [2.24, 2.45) is 0 Å². The lowest BCUT2D eigenvalue weighted by molar-refractivity contribution is -0.141. The fourth-order valence-corrected chi connectivity index (χ4v) is 2.03. The highest BCUT2D eigenvalue weighted by Gasteiger charge is 2.39. The molecule has 0 saturated heterocycles. The van der Waals surface area contributed by atoms with Gasteiger partial charge in [0.25, 0.3) is 0 Å². The standard InChI is InChI=1S/C10H10BrNO2/c1-10(9(13)14)5-6-2-3-7(11)4-8(6)12-10/h2-4,12H,5H2,1H3,(H,13,14). The molecule has 0 spiro atoms. The molecule has 14 heavy (non-hydrogen) atoms. The lowest BCUT2D eigenvalue weighted by atomic mass is 9.98. The average Bonchev–Trinajstić information content (AvgIpc) is 2.42. The molecular formula is C10H10BrNO2. The number of carboxylic acids is 1. The second-order valence-corrected chi connectivity index (χ2v) is 4.66. The smallest absolute Gasteiger partial charge is 0.329 e. The Labute approximate surface area is 90.3 Å². The van der Waals surface area contributed by atoms with E-state index in [-0.39, 0.29) is 0 Å². The van der Waals surface area contributed by atoms with Gasteiger partial charge in [-0.15, -0.1) is 0 Å². The van der Waals surface area contributed by atoms with Crippen LogP contribution in [0.2, 0.25) is 0 Å². The predicted molar refractivity (Wildman–Crippen MR) is 57.5 cm³/mol. The molecular weight excluding hydrogens is 246 g/mol. The summed E-state index contributed by atoms with van der Waals surface area (Å²) in [4.78, 5) is 11.0. The topological polar surface area (TPSA) is 49.3 Å². The molecule has 1 aromatic rings. The molecule has 0 bridgehead atoms. The Hall–Kier alpha value is -1.03. The lowest BCUT2D eigenvalue weighted by Gasteiger charge is -2.18. The molecule has 2 rings (SSSR count). The Morgan fingerprint density at radius 2 is 2.36 bits per heavy atom. The summed E-state index contributed by atoms with van der Waals surface area (Å²) < 4.78 is 0.957. The van der Waals surface area contributed by atoms with Crippen LogP contribution in [0.25, 0.3) is 0 Å². The van der Waals surface area contributed by atoms with Crippen molar-refractivity contribution >= 4 is 27.6 Å². The summed E-state index contributed by atoms with van der Waals surface area (Å²) in [5.74, 6) is -0.815. The Kier molecular flexibility index (Phi) is 2.03. The molecule has 0 aliphatic carbocycles. The van der Waals surface area contributed by atoms with Gasteiger partial charge in [0.2, 0.25) is 0 Å². The first-order valence-corrected chi connectivity index (χ1v) is 5.10. The first-order valence-electron chi connectivity index (χ1n) is 4.31. The number of benzene rings is 1. The first kappa shape index (κ1) is 9.52. The largest absolute Gasteiger partial charge is 0.480 e. The number of halogens is 1. The van der Waals surface area contributed by atoms with Gasteiger partial charge in [-0.3, -0.25) is 0 Å². The minimum Gasteiger partial charge on any atom is -0.480 e. The van der Waals surface area contributed by atoms with E-state index in [1.54, 1.807) is 6.92 Å². The molecule has 1 unspecified atom stereocenters. The van der Waals surface area contributed by atoms with Gasteiger partial charge in [0.05, 0.1) is 0 Å². The van der Waals surface area contributed by atoms with Gasteiger partial charge in [0.15, 0.2) is 0 Å². The van der Waals surface area contributed by atoms with Gasteiger partial charge < -0.3 is 10.4 Å². The van der Waals surface area contributed by atoms with Crippen LogP contribution in [-0.2, 0) is 11.2 Å². The van der Waals surface area contributed by atoms with Crippen LogP contribution < -0.4 is 5.32 Å². The highest BCUT2D eigenvalue weighted by molar-refractivity contribution is 9.10. The van der Waals surface area contributed by atoms with E-state index >= 15 is 0 Å². The second kappa shape index (κ2) is 2.98. The molecule has 1 heterocycles. The number of hydrogen-bond acceptors (Lipinski definition) is 2. The van der Waals surface area contributed by atoms with Crippen LogP contribution in [0.15, 0.2) is 22.7 Å². The van der Waals surface area contributed by atoms with Gasteiger partial charge in [0.1, 0.15) is 5.54 Å². The van der Waals surface area contributed by atoms with Gasteiger partial charge in [0, 0.05) is 16.6 Å². The predicted octanol–water partition coefficient (Wildman–Crippen LogP) is 2.26. The molecule has 1 aliphatic heterocycles. The van der Waals surface area contributed by atoms with Crippen LogP contribution in [0.5, 0.6) is 0 Å². The van der Waals surface area contributed by atoms with E-state index in [9.17, 15) is 4.79 Å². The third-order valence-electron chi connectivity index (χ3n) is 2.50. The molecule has 1 aliphatic rings. The van der Waals surface area contributed by atoms with Gasteiger partial charge in [-0.1, -0.05) is 22.0 Å². The molecule has 0 saturated carbocycles. The van der Waals surface area contributed by atoms with Crippen molar-refractivity contribution in [2.45, 2.75) is 18.9 Å². The van der Waals surface area contributed by atoms with E-state index in [0.717, 1.165) is 15.7 Å². The third-order valence-corrected chi connectivity index (χ3v) is 2.99. The summed E-state index contributed by atoms with van der Waals surface area (Å²) in [5, 5.41) is 12.1. The fourth-order valence-electron chi connectivity index (χ4n) is 1.67. The molecule has 2 N–H and O–H groups in total. The van der Waals surface area contributed by atoms with Gasteiger partial charge in [-0.25, -0.2) is 4.79 Å². The minimum atomic E-state index is -0.858. The lowest BCUT2D eigenvalue weighted by Crippen LogP contribution is -2.41. The molecule has 0 aromatic heterocycles. The van der Waals surface area contributed by atoms with Crippen LogP contribution in [0, 0.1) is 0 Å². The maximum atomic E-state index is 11.0. The number of rotatable bonds is 1. The zero-order chi connectivity index (χ0) is 10.3.